The fourth-order valence-electron chi connectivity index (χ4n) is 2.44. The Bertz CT molecular complexity index is 900. The summed E-state index contributed by atoms with van der Waals surface area (Å²) in [5, 5.41) is 3.08. The number of carbonyl (C=O) groups excluding carboxylic acids is 1. The maximum atomic E-state index is 12.2. The highest BCUT2D eigenvalue weighted by Gasteiger charge is 2.19. The second-order valence-corrected chi connectivity index (χ2v) is 8.14. The standard InChI is InChI=1S/C18H21ClN2O4S/c1-13-5-4-6-15(11-13)21(26(3,23)24)10-9-18(22)20-14-7-8-17(25-2)16(19)12-14/h4-8,11-12H,9-10H2,1-3H3,(H,20,22). The van der Waals surface area contributed by atoms with Crippen LogP contribution < -0.4 is 14.4 Å². The Balaban J connectivity index is 2.06. The number of benzene rings is 2. The van der Waals surface area contributed by atoms with E-state index in [1.807, 2.05) is 13.0 Å². The maximum absolute atomic E-state index is 12.2. The fraction of sp³-hybridized carbons (Fsp3) is 0.278. The van der Waals surface area contributed by atoms with E-state index in [4.69, 9.17) is 16.3 Å². The fourth-order valence-corrected chi connectivity index (χ4v) is 3.62. The molecule has 0 bridgehead atoms. The number of amides is 1. The highest BCUT2D eigenvalue weighted by Crippen LogP contribution is 2.27. The number of methoxy groups -OCH3 is 1. The van der Waals surface area contributed by atoms with Crippen LogP contribution in [0.4, 0.5) is 11.4 Å². The summed E-state index contributed by atoms with van der Waals surface area (Å²) in [5.74, 6) is 0.194. The molecular formula is C18H21ClN2O4S. The number of carbonyl (C=O) groups is 1. The van der Waals surface area contributed by atoms with E-state index < -0.39 is 10.0 Å². The van der Waals surface area contributed by atoms with Crippen molar-refractivity contribution in [1.29, 1.82) is 0 Å². The minimum atomic E-state index is -3.50. The second-order valence-electron chi connectivity index (χ2n) is 5.82. The predicted molar refractivity (Wildman–Crippen MR) is 105 cm³/mol. The molecule has 0 spiro atoms. The first kappa shape index (κ1) is 20.1. The third-order valence-corrected chi connectivity index (χ3v) is 5.16. The Morgan fingerprint density at radius 2 is 1.96 bits per heavy atom. The van der Waals surface area contributed by atoms with E-state index in [0.29, 0.717) is 22.1 Å². The Morgan fingerprint density at radius 3 is 2.54 bits per heavy atom. The summed E-state index contributed by atoms with van der Waals surface area (Å²) in [6.45, 7) is 1.92. The average molecular weight is 397 g/mol. The van der Waals surface area contributed by atoms with E-state index >= 15 is 0 Å². The Hall–Kier alpha value is -2.25. The summed E-state index contributed by atoms with van der Waals surface area (Å²) in [6, 6.07) is 12.0. The van der Waals surface area contributed by atoms with Gasteiger partial charge in [-0.25, -0.2) is 8.42 Å². The Labute approximate surface area is 158 Å². The first-order valence-corrected chi connectivity index (χ1v) is 10.1. The van der Waals surface area contributed by atoms with Gasteiger partial charge in [-0.1, -0.05) is 23.7 Å². The largest absolute Gasteiger partial charge is 0.495 e. The molecule has 0 aliphatic rings. The van der Waals surface area contributed by atoms with E-state index in [2.05, 4.69) is 5.32 Å². The summed E-state index contributed by atoms with van der Waals surface area (Å²) in [6.07, 6.45) is 1.13. The van der Waals surface area contributed by atoms with E-state index in [1.165, 1.54) is 11.4 Å². The molecule has 0 atom stereocenters. The average Bonchev–Trinajstić information content (AvgIpc) is 2.54. The summed E-state index contributed by atoms with van der Waals surface area (Å²) in [7, 11) is -2.00. The zero-order chi connectivity index (χ0) is 19.3. The topological polar surface area (TPSA) is 75.7 Å². The van der Waals surface area contributed by atoms with Crippen LogP contribution in [0.2, 0.25) is 5.02 Å². The molecule has 0 aliphatic heterocycles. The van der Waals surface area contributed by atoms with Crippen LogP contribution in [0.5, 0.6) is 5.75 Å². The first-order chi connectivity index (χ1) is 12.2. The lowest BCUT2D eigenvalue weighted by molar-refractivity contribution is -0.116. The molecule has 0 radical (unpaired) electrons. The highest BCUT2D eigenvalue weighted by molar-refractivity contribution is 7.92. The minimum Gasteiger partial charge on any atom is -0.495 e. The molecule has 6 nitrogen and oxygen atoms in total. The maximum Gasteiger partial charge on any atom is 0.232 e. The molecule has 0 saturated heterocycles. The van der Waals surface area contributed by atoms with Crippen LogP contribution in [0.15, 0.2) is 42.5 Å². The van der Waals surface area contributed by atoms with Crippen molar-refractivity contribution < 1.29 is 17.9 Å². The molecular weight excluding hydrogens is 376 g/mol. The molecule has 2 aromatic carbocycles. The number of aryl methyl sites for hydroxylation is 1. The van der Waals surface area contributed by atoms with Gasteiger partial charge >= 0.3 is 0 Å². The molecule has 140 valence electrons. The lowest BCUT2D eigenvalue weighted by Gasteiger charge is -2.22. The zero-order valence-corrected chi connectivity index (χ0v) is 16.4. The van der Waals surface area contributed by atoms with Gasteiger partial charge in [-0.15, -0.1) is 0 Å². The number of anilines is 2. The van der Waals surface area contributed by atoms with E-state index in [9.17, 15) is 13.2 Å². The van der Waals surface area contributed by atoms with Crippen LogP contribution in [-0.4, -0.2) is 34.2 Å². The number of halogens is 1. The van der Waals surface area contributed by atoms with Gasteiger partial charge in [-0.05, 0) is 42.8 Å². The molecule has 0 fully saturated rings. The third kappa shape index (κ3) is 5.37. The summed E-state index contributed by atoms with van der Waals surface area (Å²) >= 11 is 6.03. The van der Waals surface area contributed by atoms with Gasteiger partial charge in [-0.2, -0.15) is 0 Å². The van der Waals surface area contributed by atoms with Crippen LogP contribution in [0.1, 0.15) is 12.0 Å². The molecule has 2 aromatic rings. The van der Waals surface area contributed by atoms with Crippen molar-refractivity contribution in [3.63, 3.8) is 0 Å². The lowest BCUT2D eigenvalue weighted by Crippen LogP contribution is -2.33. The quantitative estimate of drug-likeness (QED) is 0.777. The molecule has 1 amide bonds. The van der Waals surface area contributed by atoms with E-state index in [1.54, 1.807) is 36.4 Å². The van der Waals surface area contributed by atoms with Crippen molar-refractivity contribution >= 4 is 38.9 Å². The number of nitrogens with zero attached hydrogens (tertiary/aromatic N) is 1. The van der Waals surface area contributed by atoms with Crippen molar-refractivity contribution in [2.24, 2.45) is 0 Å². The van der Waals surface area contributed by atoms with Crippen LogP contribution in [-0.2, 0) is 14.8 Å². The molecule has 2 rings (SSSR count). The molecule has 0 heterocycles. The molecule has 0 aromatic heterocycles. The lowest BCUT2D eigenvalue weighted by atomic mass is 10.2. The normalized spacial score (nSPS) is 11.1. The van der Waals surface area contributed by atoms with Gasteiger partial charge in [-0.3, -0.25) is 9.10 Å². The van der Waals surface area contributed by atoms with Gasteiger partial charge in [0.15, 0.2) is 0 Å². The molecule has 1 N–H and O–H groups in total. The molecule has 0 saturated carbocycles. The monoisotopic (exact) mass is 396 g/mol. The number of rotatable bonds is 7. The molecule has 26 heavy (non-hydrogen) atoms. The molecule has 0 unspecified atom stereocenters. The second kappa shape index (κ2) is 8.42. The van der Waals surface area contributed by atoms with Crippen molar-refractivity contribution in [2.45, 2.75) is 13.3 Å². The van der Waals surface area contributed by atoms with Crippen LogP contribution >= 0.6 is 11.6 Å². The predicted octanol–water partition coefficient (Wildman–Crippen LogP) is 3.45. The Kier molecular flexibility index (Phi) is 6.50. The summed E-state index contributed by atoms with van der Waals surface area (Å²) < 4.78 is 30.5. The molecule has 8 heteroatoms. The van der Waals surface area contributed by atoms with Crippen molar-refractivity contribution in [3.05, 3.63) is 53.1 Å². The SMILES string of the molecule is COc1ccc(NC(=O)CCN(c2cccc(C)c2)S(C)(=O)=O)cc1Cl. The van der Waals surface area contributed by atoms with Crippen LogP contribution in [0, 0.1) is 6.92 Å². The van der Waals surface area contributed by atoms with Gasteiger partial charge in [0, 0.05) is 18.7 Å². The number of hydrogen-bond donors (Lipinski definition) is 1. The summed E-state index contributed by atoms with van der Waals surface area (Å²) in [4.78, 5) is 12.2. The Morgan fingerprint density at radius 1 is 1.23 bits per heavy atom. The van der Waals surface area contributed by atoms with E-state index in [-0.39, 0.29) is 18.9 Å². The smallest absolute Gasteiger partial charge is 0.232 e. The van der Waals surface area contributed by atoms with Crippen molar-refractivity contribution in [2.75, 3.05) is 29.5 Å². The van der Waals surface area contributed by atoms with Gasteiger partial charge in [0.05, 0.1) is 24.1 Å². The van der Waals surface area contributed by atoms with E-state index in [0.717, 1.165) is 11.8 Å². The van der Waals surface area contributed by atoms with Crippen LogP contribution in [0.25, 0.3) is 0 Å². The van der Waals surface area contributed by atoms with Gasteiger partial charge in [0.2, 0.25) is 15.9 Å². The number of nitrogens with one attached hydrogen (secondary N) is 1. The highest BCUT2D eigenvalue weighted by atomic mass is 35.5. The van der Waals surface area contributed by atoms with Crippen molar-refractivity contribution in [1.82, 2.24) is 0 Å². The number of ether oxygens (including phenoxy) is 1. The van der Waals surface area contributed by atoms with Crippen LogP contribution in [0.3, 0.4) is 0 Å². The third-order valence-electron chi connectivity index (χ3n) is 3.67. The van der Waals surface area contributed by atoms with Crippen molar-refractivity contribution in [3.8, 4) is 5.75 Å². The van der Waals surface area contributed by atoms with Gasteiger partial charge in [0.25, 0.3) is 0 Å². The minimum absolute atomic E-state index is 0.00462. The molecule has 0 aliphatic carbocycles. The number of sulfonamides is 1. The van der Waals surface area contributed by atoms with Gasteiger partial charge < -0.3 is 10.1 Å². The van der Waals surface area contributed by atoms with Gasteiger partial charge in [0.1, 0.15) is 5.75 Å². The summed E-state index contributed by atoms with van der Waals surface area (Å²) in [5.41, 5.74) is 1.99. The number of hydrogen-bond acceptors (Lipinski definition) is 4. The first-order valence-electron chi connectivity index (χ1n) is 7.88. The zero-order valence-electron chi connectivity index (χ0n) is 14.8.